The van der Waals surface area contributed by atoms with Crippen LogP contribution in [0.15, 0.2) is 30.3 Å². The number of ether oxygens (including phenoxy) is 1. The molecule has 1 aromatic carbocycles. The Morgan fingerprint density at radius 1 is 1.03 bits per heavy atom. The van der Waals surface area contributed by atoms with E-state index in [2.05, 4.69) is 16.0 Å². The van der Waals surface area contributed by atoms with Crippen LogP contribution in [0.3, 0.4) is 0 Å². The number of benzene rings is 1. The molecule has 9 nitrogen and oxygen atoms in total. The second-order valence-corrected chi connectivity index (χ2v) is 9.63. The van der Waals surface area contributed by atoms with Crippen LogP contribution < -0.4 is 16.0 Å². The standard InChI is InChI=1S/C24H33N3O6/c1-13(2)19(20(29)18-14(3)21(30)27-22(18)31)26-17(28)12-16(15-10-8-7-9-11-15)25-23(32)33-24(4,5)6/h7-11,13-14,16,18-19H,12H2,1-6H3,(H,25,32)(H,26,28)(H,27,30,31)/t14-,16?,18+,19-/m0/s1. The zero-order chi connectivity index (χ0) is 24.9. The average molecular weight is 460 g/mol. The first-order valence-corrected chi connectivity index (χ1v) is 11.0. The third-order valence-corrected chi connectivity index (χ3v) is 5.32. The van der Waals surface area contributed by atoms with Crippen LogP contribution in [0.5, 0.6) is 0 Å². The van der Waals surface area contributed by atoms with E-state index in [1.165, 1.54) is 6.92 Å². The highest BCUT2D eigenvalue weighted by molar-refractivity contribution is 6.16. The molecule has 0 aromatic heterocycles. The van der Waals surface area contributed by atoms with Crippen molar-refractivity contribution in [1.82, 2.24) is 16.0 Å². The lowest BCUT2D eigenvalue weighted by Gasteiger charge is -2.26. The van der Waals surface area contributed by atoms with Gasteiger partial charge in [-0.1, -0.05) is 51.1 Å². The molecule has 0 spiro atoms. The number of rotatable bonds is 8. The average Bonchev–Trinajstić information content (AvgIpc) is 2.95. The fraction of sp³-hybridized carbons (Fsp3) is 0.542. The number of hydrogen-bond donors (Lipinski definition) is 3. The van der Waals surface area contributed by atoms with Gasteiger partial charge in [0.25, 0.3) is 0 Å². The molecule has 0 saturated carbocycles. The monoisotopic (exact) mass is 459 g/mol. The van der Waals surface area contributed by atoms with Crippen molar-refractivity contribution in [1.29, 1.82) is 0 Å². The van der Waals surface area contributed by atoms with Gasteiger partial charge in [0.1, 0.15) is 11.5 Å². The molecular weight excluding hydrogens is 426 g/mol. The Morgan fingerprint density at radius 3 is 2.12 bits per heavy atom. The minimum Gasteiger partial charge on any atom is -0.444 e. The van der Waals surface area contributed by atoms with Crippen molar-refractivity contribution in [2.45, 2.75) is 65.6 Å². The first-order valence-electron chi connectivity index (χ1n) is 11.0. The zero-order valence-corrected chi connectivity index (χ0v) is 19.9. The maximum absolute atomic E-state index is 13.1. The molecule has 1 aliphatic rings. The molecule has 1 fully saturated rings. The summed E-state index contributed by atoms with van der Waals surface area (Å²) in [6.07, 6.45) is -0.818. The predicted octanol–water partition coefficient (Wildman–Crippen LogP) is 2.26. The smallest absolute Gasteiger partial charge is 0.408 e. The molecule has 180 valence electrons. The van der Waals surface area contributed by atoms with Gasteiger partial charge in [-0.2, -0.15) is 0 Å². The molecule has 1 aliphatic heterocycles. The van der Waals surface area contributed by atoms with Crippen molar-refractivity contribution < 1.29 is 28.7 Å². The van der Waals surface area contributed by atoms with E-state index >= 15 is 0 Å². The van der Waals surface area contributed by atoms with Crippen molar-refractivity contribution in [3.05, 3.63) is 35.9 Å². The zero-order valence-electron chi connectivity index (χ0n) is 19.9. The second-order valence-electron chi connectivity index (χ2n) is 9.63. The van der Waals surface area contributed by atoms with Gasteiger partial charge in [-0.15, -0.1) is 0 Å². The fourth-order valence-corrected chi connectivity index (χ4v) is 3.63. The summed E-state index contributed by atoms with van der Waals surface area (Å²) in [5.41, 5.74) is -0.0149. The molecule has 33 heavy (non-hydrogen) atoms. The lowest BCUT2D eigenvalue weighted by molar-refractivity contribution is -0.137. The highest BCUT2D eigenvalue weighted by Crippen LogP contribution is 2.24. The Labute approximate surface area is 194 Å². The van der Waals surface area contributed by atoms with E-state index in [0.717, 1.165) is 0 Å². The molecule has 4 atom stereocenters. The highest BCUT2D eigenvalue weighted by Gasteiger charge is 2.46. The van der Waals surface area contributed by atoms with Crippen molar-refractivity contribution in [3.8, 4) is 0 Å². The summed E-state index contributed by atoms with van der Waals surface area (Å²) in [6, 6.07) is 7.28. The van der Waals surface area contributed by atoms with Crippen LogP contribution in [-0.4, -0.2) is 41.2 Å². The number of carbonyl (C=O) groups is 5. The van der Waals surface area contributed by atoms with Gasteiger partial charge in [0.2, 0.25) is 17.7 Å². The summed E-state index contributed by atoms with van der Waals surface area (Å²) in [5, 5.41) is 7.58. The number of nitrogens with one attached hydrogen (secondary N) is 3. The number of alkyl carbamates (subject to hydrolysis) is 1. The summed E-state index contributed by atoms with van der Waals surface area (Å²) in [6.45, 7) is 10.2. The maximum atomic E-state index is 13.1. The van der Waals surface area contributed by atoms with E-state index in [1.54, 1.807) is 58.9 Å². The third-order valence-electron chi connectivity index (χ3n) is 5.32. The molecule has 3 N–H and O–H groups in total. The largest absolute Gasteiger partial charge is 0.444 e. The van der Waals surface area contributed by atoms with Gasteiger partial charge >= 0.3 is 6.09 Å². The number of imide groups is 1. The predicted molar refractivity (Wildman–Crippen MR) is 121 cm³/mol. The van der Waals surface area contributed by atoms with Crippen LogP contribution in [-0.2, 0) is 23.9 Å². The molecule has 1 saturated heterocycles. The van der Waals surface area contributed by atoms with Crippen LogP contribution in [0.4, 0.5) is 4.79 Å². The van der Waals surface area contributed by atoms with Gasteiger partial charge in [0.05, 0.1) is 24.4 Å². The number of Topliss-reactive ketones (excluding diaryl/α,β-unsaturated/α-hetero) is 1. The first kappa shape index (κ1) is 26.0. The normalized spacial score (nSPS) is 20.1. The maximum Gasteiger partial charge on any atom is 0.408 e. The minimum absolute atomic E-state index is 0.148. The Bertz CT molecular complexity index is 907. The van der Waals surface area contributed by atoms with Crippen molar-refractivity contribution in [2.75, 3.05) is 0 Å². The Kier molecular flexibility index (Phi) is 8.35. The molecule has 4 amide bonds. The summed E-state index contributed by atoms with van der Waals surface area (Å²) in [5.74, 6) is -4.39. The molecular formula is C24H33N3O6. The Hall–Kier alpha value is -3.23. The van der Waals surface area contributed by atoms with Gasteiger partial charge in [0, 0.05) is 0 Å². The van der Waals surface area contributed by atoms with Crippen LogP contribution >= 0.6 is 0 Å². The van der Waals surface area contributed by atoms with Crippen molar-refractivity contribution >= 4 is 29.6 Å². The molecule has 0 bridgehead atoms. The lowest BCUT2D eigenvalue weighted by Crippen LogP contribution is -2.49. The van der Waals surface area contributed by atoms with E-state index < -0.39 is 59.1 Å². The van der Waals surface area contributed by atoms with Gasteiger partial charge in [-0.3, -0.25) is 24.5 Å². The van der Waals surface area contributed by atoms with E-state index in [0.29, 0.717) is 5.56 Å². The Morgan fingerprint density at radius 2 is 1.64 bits per heavy atom. The molecule has 1 heterocycles. The van der Waals surface area contributed by atoms with Crippen molar-refractivity contribution in [2.24, 2.45) is 17.8 Å². The molecule has 0 radical (unpaired) electrons. The number of hydrogen-bond acceptors (Lipinski definition) is 6. The fourth-order valence-electron chi connectivity index (χ4n) is 3.63. The summed E-state index contributed by atoms with van der Waals surface area (Å²) >= 11 is 0. The molecule has 1 aromatic rings. The number of amides is 4. The van der Waals surface area contributed by atoms with E-state index in [-0.39, 0.29) is 12.3 Å². The van der Waals surface area contributed by atoms with E-state index in [1.807, 2.05) is 6.07 Å². The number of ketones is 1. The summed E-state index contributed by atoms with van der Waals surface area (Å²) < 4.78 is 5.32. The third kappa shape index (κ3) is 7.13. The topological polar surface area (TPSA) is 131 Å². The minimum atomic E-state index is -1.14. The summed E-state index contributed by atoms with van der Waals surface area (Å²) in [7, 11) is 0. The van der Waals surface area contributed by atoms with E-state index in [9.17, 15) is 24.0 Å². The summed E-state index contributed by atoms with van der Waals surface area (Å²) in [4.78, 5) is 62.3. The quantitative estimate of drug-likeness (QED) is 0.404. The first-order chi connectivity index (χ1) is 15.3. The van der Waals surface area contributed by atoms with Gasteiger partial charge in [-0.25, -0.2) is 4.79 Å². The number of carbonyl (C=O) groups excluding carboxylic acids is 5. The molecule has 0 aliphatic carbocycles. The van der Waals surface area contributed by atoms with Crippen molar-refractivity contribution in [3.63, 3.8) is 0 Å². The van der Waals surface area contributed by atoms with Gasteiger partial charge in [-0.05, 0) is 32.3 Å². The van der Waals surface area contributed by atoms with E-state index in [4.69, 9.17) is 4.74 Å². The van der Waals surface area contributed by atoms with Gasteiger partial charge < -0.3 is 15.4 Å². The van der Waals surface area contributed by atoms with Crippen LogP contribution in [0.25, 0.3) is 0 Å². The SMILES string of the molecule is CC(C)[C@H](NC(=O)CC(NC(=O)OC(C)(C)C)c1ccccc1)C(=O)[C@@H]1C(=O)NC(=O)[C@H]1C. The molecule has 1 unspecified atom stereocenters. The van der Waals surface area contributed by atoms with Gasteiger partial charge in [0.15, 0.2) is 5.78 Å². The van der Waals surface area contributed by atoms with Crippen LogP contribution in [0.1, 0.15) is 59.6 Å². The highest BCUT2D eigenvalue weighted by atomic mass is 16.6. The molecule has 2 rings (SSSR count). The second kappa shape index (κ2) is 10.6. The van der Waals surface area contributed by atoms with Crippen LogP contribution in [0, 0.1) is 17.8 Å². The Balaban J connectivity index is 2.16. The molecule has 9 heteroatoms. The lowest BCUT2D eigenvalue weighted by atomic mass is 9.85. The van der Waals surface area contributed by atoms with Crippen LogP contribution in [0.2, 0.25) is 0 Å².